The first-order valence-electron chi connectivity index (χ1n) is 10.3. The molecule has 0 saturated carbocycles. The zero-order valence-electron chi connectivity index (χ0n) is 18.1. The van der Waals surface area contributed by atoms with E-state index in [0.29, 0.717) is 5.56 Å². The van der Waals surface area contributed by atoms with Crippen LogP contribution in [0.4, 0.5) is 5.69 Å². The molecule has 3 aromatic rings. The highest BCUT2D eigenvalue weighted by Gasteiger charge is 2.27. The highest BCUT2D eigenvalue weighted by molar-refractivity contribution is 6.14. The number of carbonyl (C=O) groups excluding carboxylic acids is 2. The molecule has 0 unspecified atom stereocenters. The molecule has 0 aliphatic carbocycles. The summed E-state index contributed by atoms with van der Waals surface area (Å²) < 4.78 is 4.73. The van der Waals surface area contributed by atoms with Crippen molar-refractivity contribution in [3.8, 4) is 11.1 Å². The van der Waals surface area contributed by atoms with Crippen LogP contribution < -0.4 is 4.90 Å². The molecule has 31 heavy (non-hydrogen) atoms. The lowest BCUT2D eigenvalue weighted by Crippen LogP contribution is -2.26. The third kappa shape index (κ3) is 3.77. The lowest BCUT2D eigenvalue weighted by molar-refractivity contribution is -0.139. The monoisotopic (exact) mass is 411 g/mol. The van der Waals surface area contributed by atoms with Crippen molar-refractivity contribution in [3.63, 3.8) is 0 Å². The fraction of sp³-hybridized carbons (Fsp3) is 0.185. The topological polar surface area (TPSA) is 46.6 Å². The summed E-state index contributed by atoms with van der Waals surface area (Å²) in [4.78, 5) is 26.5. The highest BCUT2D eigenvalue weighted by Crippen LogP contribution is 2.38. The molecule has 156 valence electrons. The van der Waals surface area contributed by atoms with E-state index in [1.54, 1.807) is 4.90 Å². The van der Waals surface area contributed by atoms with Crippen molar-refractivity contribution in [3.05, 3.63) is 95.1 Å². The Morgan fingerprint density at radius 1 is 0.903 bits per heavy atom. The maximum absolute atomic E-state index is 13.3. The zero-order valence-corrected chi connectivity index (χ0v) is 18.1. The van der Waals surface area contributed by atoms with Crippen LogP contribution in [0.3, 0.4) is 0 Å². The number of anilines is 1. The molecule has 1 aliphatic rings. The summed E-state index contributed by atoms with van der Waals surface area (Å²) in [7, 11) is 3.19. The number of aryl methyl sites for hydroxylation is 1. The number of hydrogen-bond acceptors (Lipinski definition) is 3. The minimum absolute atomic E-state index is 0.0525. The first-order valence-corrected chi connectivity index (χ1v) is 10.3. The van der Waals surface area contributed by atoms with Gasteiger partial charge in [-0.1, -0.05) is 56.0 Å². The van der Waals surface area contributed by atoms with E-state index in [0.717, 1.165) is 45.5 Å². The van der Waals surface area contributed by atoms with Crippen molar-refractivity contribution in [2.75, 3.05) is 19.1 Å². The Labute approximate surface area is 182 Å². The van der Waals surface area contributed by atoms with Gasteiger partial charge in [0.25, 0.3) is 5.91 Å². The zero-order chi connectivity index (χ0) is 22.1. The predicted octanol–water partition coefficient (Wildman–Crippen LogP) is 5.28. The molecule has 0 radical (unpaired) electrons. The Balaban J connectivity index is 1.74. The molecule has 0 N–H and O–H groups in total. The predicted molar refractivity (Wildman–Crippen MR) is 124 cm³/mol. The van der Waals surface area contributed by atoms with Gasteiger partial charge in [0.1, 0.15) is 0 Å². The first-order chi connectivity index (χ1) is 14.9. The maximum atomic E-state index is 13.3. The van der Waals surface area contributed by atoms with Crippen LogP contribution in [-0.2, 0) is 22.4 Å². The number of amides is 1. The fourth-order valence-corrected chi connectivity index (χ4v) is 3.99. The highest BCUT2D eigenvalue weighted by atomic mass is 16.5. The van der Waals surface area contributed by atoms with Gasteiger partial charge in [0, 0.05) is 18.2 Å². The molecule has 4 nitrogen and oxygen atoms in total. The summed E-state index contributed by atoms with van der Waals surface area (Å²) in [5, 5.41) is 0. The minimum Gasteiger partial charge on any atom is -0.469 e. The summed E-state index contributed by atoms with van der Waals surface area (Å²) in [5.74, 6) is -0.320. The van der Waals surface area contributed by atoms with Crippen LogP contribution in [0.15, 0.2) is 67.2 Å². The summed E-state index contributed by atoms with van der Waals surface area (Å²) >= 11 is 0. The van der Waals surface area contributed by atoms with Gasteiger partial charge in [-0.2, -0.15) is 0 Å². The molecule has 1 heterocycles. The van der Waals surface area contributed by atoms with Gasteiger partial charge in [-0.15, -0.1) is 0 Å². The number of rotatable bonds is 4. The molecule has 0 fully saturated rings. The summed E-state index contributed by atoms with van der Waals surface area (Å²) in [5.41, 5.74) is 8.24. The molecule has 1 aliphatic heterocycles. The minimum atomic E-state index is -0.268. The van der Waals surface area contributed by atoms with E-state index in [-0.39, 0.29) is 18.3 Å². The Hall–Kier alpha value is -3.66. The first kappa shape index (κ1) is 20.6. The molecule has 4 heteroatoms. The van der Waals surface area contributed by atoms with E-state index in [9.17, 15) is 9.59 Å². The fourth-order valence-electron chi connectivity index (χ4n) is 3.99. The van der Waals surface area contributed by atoms with E-state index in [4.69, 9.17) is 4.74 Å². The van der Waals surface area contributed by atoms with E-state index in [2.05, 4.69) is 25.6 Å². The number of fused-ring (bicyclic) bond motifs is 2. The molecule has 0 bridgehead atoms. The summed E-state index contributed by atoms with van der Waals surface area (Å²) in [6.45, 7) is 6.45. The molecule has 0 atom stereocenters. The molecule has 0 saturated heterocycles. The van der Waals surface area contributed by atoms with E-state index < -0.39 is 0 Å². The lowest BCUT2D eigenvalue weighted by atomic mass is 9.91. The van der Waals surface area contributed by atoms with E-state index >= 15 is 0 Å². The van der Waals surface area contributed by atoms with Crippen LogP contribution in [0.2, 0.25) is 0 Å². The second-order valence-corrected chi connectivity index (χ2v) is 7.76. The molecule has 0 spiro atoms. The summed E-state index contributed by atoms with van der Waals surface area (Å²) in [6, 6.07) is 19.9. The van der Waals surface area contributed by atoms with Crippen molar-refractivity contribution in [2.24, 2.45) is 0 Å². The third-order valence-electron chi connectivity index (χ3n) is 5.90. The van der Waals surface area contributed by atoms with Crippen LogP contribution in [-0.4, -0.2) is 26.0 Å². The van der Waals surface area contributed by atoms with Gasteiger partial charge < -0.3 is 9.64 Å². The normalized spacial score (nSPS) is 12.8. The summed E-state index contributed by atoms with van der Waals surface area (Å²) in [6.07, 6.45) is 1.16. The standard InChI is InChI=1S/C27H25NO3/c1-5-18-8-13-25-23(14-18)17(2)22-12-11-21(16-24(22)27(30)28(25)3)20-9-6-19(7-10-20)15-26(29)31-4/h6-14,16H,2,5,15H2,1,3-4H3. The molecule has 3 aromatic carbocycles. The largest absolute Gasteiger partial charge is 0.469 e. The maximum Gasteiger partial charge on any atom is 0.309 e. The number of esters is 1. The Morgan fingerprint density at radius 3 is 2.26 bits per heavy atom. The van der Waals surface area contributed by atoms with Gasteiger partial charge in [0.15, 0.2) is 0 Å². The number of methoxy groups -OCH3 is 1. The Bertz CT molecular complexity index is 1190. The van der Waals surface area contributed by atoms with E-state index in [1.807, 2.05) is 55.6 Å². The van der Waals surface area contributed by atoms with Crippen LogP contribution in [0, 0.1) is 0 Å². The average Bonchev–Trinajstić information content (AvgIpc) is 2.88. The van der Waals surface area contributed by atoms with Crippen molar-refractivity contribution in [1.29, 1.82) is 0 Å². The average molecular weight is 412 g/mol. The van der Waals surface area contributed by atoms with Gasteiger partial charge in [0.2, 0.25) is 0 Å². The molecule has 1 amide bonds. The van der Waals surface area contributed by atoms with Gasteiger partial charge in [-0.05, 0) is 58.0 Å². The number of benzene rings is 3. The number of hydrogen-bond donors (Lipinski definition) is 0. The molecular weight excluding hydrogens is 386 g/mol. The second-order valence-electron chi connectivity index (χ2n) is 7.76. The van der Waals surface area contributed by atoms with Crippen LogP contribution >= 0.6 is 0 Å². The van der Waals surface area contributed by atoms with Gasteiger partial charge >= 0.3 is 5.97 Å². The van der Waals surface area contributed by atoms with Crippen molar-refractivity contribution < 1.29 is 14.3 Å². The second kappa shape index (κ2) is 8.23. The quantitative estimate of drug-likeness (QED) is 0.549. The Morgan fingerprint density at radius 2 is 1.58 bits per heavy atom. The smallest absolute Gasteiger partial charge is 0.309 e. The van der Waals surface area contributed by atoms with Crippen molar-refractivity contribution in [1.82, 2.24) is 0 Å². The van der Waals surface area contributed by atoms with Crippen LogP contribution in [0.5, 0.6) is 0 Å². The van der Waals surface area contributed by atoms with E-state index in [1.165, 1.54) is 12.7 Å². The van der Waals surface area contributed by atoms with Gasteiger partial charge in [-0.3, -0.25) is 9.59 Å². The molecule has 4 rings (SSSR count). The number of ether oxygens (including phenoxy) is 1. The Kier molecular flexibility index (Phi) is 5.47. The van der Waals surface area contributed by atoms with Gasteiger partial charge in [-0.25, -0.2) is 0 Å². The van der Waals surface area contributed by atoms with Crippen molar-refractivity contribution in [2.45, 2.75) is 19.8 Å². The molecular formula is C27H25NO3. The van der Waals surface area contributed by atoms with Crippen molar-refractivity contribution >= 4 is 23.1 Å². The SMILES string of the molecule is C=C1c2ccc(-c3ccc(CC(=O)OC)cc3)cc2C(=O)N(C)c2ccc(CC)cc21. The third-order valence-corrected chi connectivity index (χ3v) is 5.90. The van der Waals surface area contributed by atoms with Crippen LogP contribution in [0.1, 0.15) is 39.5 Å². The number of nitrogens with zero attached hydrogens (tertiary/aromatic N) is 1. The molecule has 0 aromatic heterocycles. The van der Waals surface area contributed by atoms with Gasteiger partial charge in [0.05, 0.1) is 19.2 Å². The number of carbonyl (C=O) groups is 2. The lowest BCUT2D eigenvalue weighted by Gasteiger charge is -2.18. The van der Waals surface area contributed by atoms with Crippen LogP contribution in [0.25, 0.3) is 16.7 Å².